The SMILES string of the molecule is CC1OCCC1S(=O)CCCNC(C)(C)C. The van der Waals surface area contributed by atoms with Crippen molar-refractivity contribution in [1.29, 1.82) is 0 Å². The van der Waals surface area contributed by atoms with Gasteiger partial charge in [-0.25, -0.2) is 0 Å². The lowest BCUT2D eigenvalue weighted by molar-refractivity contribution is 0.127. The molecule has 3 atom stereocenters. The molecule has 0 aliphatic carbocycles. The smallest absolute Gasteiger partial charge is 0.0691 e. The first-order chi connectivity index (χ1) is 7.40. The molecule has 0 saturated carbocycles. The van der Waals surface area contributed by atoms with Crippen LogP contribution in [0, 0.1) is 0 Å². The van der Waals surface area contributed by atoms with Crippen molar-refractivity contribution in [3.05, 3.63) is 0 Å². The van der Waals surface area contributed by atoms with Gasteiger partial charge in [-0.1, -0.05) is 0 Å². The molecule has 0 radical (unpaired) electrons. The summed E-state index contributed by atoms with van der Waals surface area (Å²) in [7, 11) is -0.719. The second-order valence-electron chi connectivity index (χ2n) is 5.52. The first-order valence-electron chi connectivity index (χ1n) is 6.14. The number of hydrogen-bond donors (Lipinski definition) is 1. The van der Waals surface area contributed by atoms with Gasteiger partial charge in [-0.2, -0.15) is 0 Å². The molecule has 0 aromatic carbocycles. The van der Waals surface area contributed by atoms with E-state index in [4.69, 9.17) is 4.74 Å². The Balaban J connectivity index is 2.15. The maximum atomic E-state index is 12.0. The zero-order valence-corrected chi connectivity index (χ0v) is 11.7. The Kier molecular flexibility index (Phi) is 5.41. The maximum Gasteiger partial charge on any atom is 0.0691 e. The molecule has 1 aliphatic rings. The molecule has 4 heteroatoms. The van der Waals surface area contributed by atoms with Crippen LogP contribution in [0.4, 0.5) is 0 Å². The normalized spacial score (nSPS) is 28.2. The van der Waals surface area contributed by atoms with Crippen molar-refractivity contribution >= 4 is 10.8 Å². The van der Waals surface area contributed by atoms with Gasteiger partial charge < -0.3 is 10.1 Å². The molecule has 1 rings (SSSR count). The third-order valence-corrected chi connectivity index (χ3v) is 4.81. The van der Waals surface area contributed by atoms with E-state index in [1.54, 1.807) is 0 Å². The lowest BCUT2D eigenvalue weighted by Gasteiger charge is -2.20. The van der Waals surface area contributed by atoms with Gasteiger partial charge >= 0.3 is 0 Å². The summed E-state index contributed by atoms with van der Waals surface area (Å²) in [5, 5.41) is 3.67. The number of nitrogens with one attached hydrogen (secondary N) is 1. The second-order valence-corrected chi connectivity index (χ2v) is 7.29. The Hall–Kier alpha value is 0.0700. The minimum absolute atomic E-state index is 0.158. The van der Waals surface area contributed by atoms with E-state index in [2.05, 4.69) is 26.1 Å². The van der Waals surface area contributed by atoms with Crippen LogP contribution in [0.5, 0.6) is 0 Å². The predicted molar refractivity (Wildman–Crippen MR) is 69.2 cm³/mol. The summed E-state index contributed by atoms with van der Waals surface area (Å²) in [4.78, 5) is 0. The number of rotatable bonds is 5. The van der Waals surface area contributed by atoms with E-state index < -0.39 is 10.8 Å². The summed E-state index contributed by atoms with van der Waals surface area (Å²) >= 11 is 0. The van der Waals surface area contributed by atoms with Crippen molar-refractivity contribution in [1.82, 2.24) is 5.32 Å². The van der Waals surface area contributed by atoms with E-state index in [9.17, 15) is 4.21 Å². The summed E-state index contributed by atoms with van der Waals surface area (Å²) < 4.78 is 17.4. The molecule has 1 heterocycles. The highest BCUT2D eigenvalue weighted by Gasteiger charge is 2.29. The van der Waals surface area contributed by atoms with E-state index in [0.717, 1.165) is 31.7 Å². The largest absolute Gasteiger partial charge is 0.377 e. The zero-order valence-electron chi connectivity index (χ0n) is 10.9. The van der Waals surface area contributed by atoms with Crippen LogP contribution in [0.25, 0.3) is 0 Å². The molecule has 1 saturated heterocycles. The molecular formula is C12H25NO2S. The van der Waals surface area contributed by atoms with Gasteiger partial charge in [0.2, 0.25) is 0 Å². The third-order valence-electron chi connectivity index (χ3n) is 2.82. The van der Waals surface area contributed by atoms with Gasteiger partial charge in [0, 0.05) is 28.7 Å². The molecular weight excluding hydrogens is 222 g/mol. The quantitative estimate of drug-likeness (QED) is 0.751. The van der Waals surface area contributed by atoms with Crippen LogP contribution in [-0.2, 0) is 15.5 Å². The Morgan fingerprint density at radius 3 is 2.62 bits per heavy atom. The minimum Gasteiger partial charge on any atom is -0.377 e. The van der Waals surface area contributed by atoms with E-state index in [0.29, 0.717) is 0 Å². The standard InChI is InChI=1S/C12H25NO2S/c1-10-11(6-8-15-10)16(14)9-5-7-13-12(2,3)4/h10-11,13H,5-9H2,1-4H3. The van der Waals surface area contributed by atoms with Crippen LogP contribution < -0.4 is 5.32 Å². The van der Waals surface area contributed by atoms with Crippen molar-refractivity contribution in [3.8, 4) is 0 Å². The van der Waals surface area contributed by atoms with Crippen LogP contribution in [0.3, 0.4) is 0 Å². The molecule has 96 valence electrons. The maximum absolute atomic E-state index is 12.0. The van der Waals surface area contributed by atoms with Crippen molar-refractivity contribution in [2.24, 2.45) is 0 Å². The van der Waals surface area contributed by atoms with Crippen LogP contribution in [-0.4, -0.2) is 40.0 Å². The molecule has 1 fully saturated rings. The predicted octanol–water partition coefficient (Wildman–Crippen LogP) is 1.69. The van der Waals surface area contributed by atoms with Crippen LogP contribution in [0.1, 0.15) is 40.5 Å². The topological polar surface area (TPSA) is 38.3 Å². The number of hydrogen-bond acceptors (Lipinski definition) is 3. The lowest BCUT2D eigenvalue weighted by atomic mass is 10.1. The number of ether oxygens (including phenoxy) is 1. The monoisotopic (exact) mass is 247 g/mol. The van der Waals surface area contributed by atoms with E-state index in [1.807, 2.05) is 6.92 Å². The van der Waals surface area contributed by atoms with E-state index in [1.165, 1.54) is 0 Å². The van der Waals surface area contributed by atoms with Crippen molar-refractivity contribution in [3.63, 3.8) is 0 Å². The highest BCUT2D eigenvalue weighted by atomic mass is 32.2. The third kappa shape index (κ3) is 4.93. The molecule has 0 aromatic rings. The van der Waals surface area contributed by atoms with Gasteiger partial charge in [0.1, 0.15) is 0 Å². The Labute approximate surface area is 102 Å². The molecule has 0 amide bonds. The average molecular weight is 247 g/mol. The van der Waals surface area contributed by atoms with Crippen LogP contribution >= 0.6 is 0 Å². The van der Waals surface area contributed by atoms with E-state index >= 15 is 0 Å². The van der Waals surface area contributed by atoms with Crippen LogP contribution in [0.2, 0.25) is 0 Å². The summed E-state index contributed by atoms with van der Waals surface area (Å²) in [5.74, 6) is 0.793. The van der Waals surface area contributed by atoms with E-state index in [-0.39, 0.29) is 16.9 Å². The fraction of sp³-hybridized carbons (Fsp3) is 1.00. The highest BCUT2D eigenvalue weighted by Crippen LogP contribution is 2.19. The van der Waals surface area contributed by atoms with Gasteiger partial charge in [-0.3, -0.25) is 4.21 Å². The van der Waals surface area contributed by atoms with Gasteiger partial charge in [0.25, 0.3) is 0 Å². The highest BCUT2D eigenvalue weighted by molar-refractivity contribution is 7.85. The molecule has 0 spiro atoms. The summed E-state index contributed by atoms with van der Waals surface area (Å²) in [6.45, 7) is 10.2. The Bertz CT molecular complexity index is 238. The lowest BCUT2D eigenvalue weighted by Crippen LogP contribution is -2.37. The molecule has 0 aromatic heterocycles. The van der Waals surface area contributed by atoms with Crippen molar-refractivity contribution < 1.29 is 8.95 Å². The molecule has 3 unspecified atom stereocenters. The first-order valence-corrected chi connectivity index (χ1v) is 7.52. The van der Waals surface area contributed by atoms with Gasteiger partial charge in [0.15, 0.2) is 0 Å². The van der Waals surface area contributed by atoms with Crippen LogP contribution in [0.15, 0.2) is 0 Å². The second kappa shape index (κ2) is 6.12. The molecule has 1 aliphatic heterocycles. The van der Waals surface area contributed by atoms with Gasteiger partial charge in [-0.05, 0) is 47.1 Å². The summed E-state index contributed by atoms with van der Waals surface area (Å²) in [5.41, 5.74) is 0.158. The molecule has 3 nitrogen and oxygen atoms in total. The fourth-order valence-electron chi connectivity index (χ4n) is 1.89. The Morgan fingerprint density at radius 1 is 1.44 bits per heavy atom. The zero-order chi connectivity index (χ0) is 12.2. The molecule has 16 heavy (non-hydrogen) atoms. The van der Waals surface area contributed by atoms with Crippen molar-refractivity contribution in [2.45, 2.75) is 57.4 Å². The van der Waals surface area contributed by atoms with Crippen molar-refractivity contribution in [2.75, 3.05) is 18.9 Å². The summed E-state index contributed by atoms with van der Waals surface area (Å²) in [6.07, 6.45) is 2.12. The fourth-order valence-corrected chi connectivity index (χ4v) is 3.48. The average Bonchev–Trinajstić information content (AvgIpc) is 2.57. The minimum atomic E-state index is -0.719. The first kappa shape index (κ1) is 14.1. The molecule has 1 N–H and O–H groups in total. The molecule has 0 bridgehead atoms. The summed E-state index contributed by atoms with van der Waals surface area (Å²) in [6, 6.07) is 0. The van der Waals surface area contributed by atoms with Gasteiger partial charge in [-0.15, -0.1) is 0 Å². The van der Waals surface area contributed by atoms with Gasteiger partial charge in [0.05, 0.1) is 11.4 Å². The Morgan fingerprint density at radius 2 is 2.12 bits per heavy atom.